The standard InChI is InChI=1S/C13H13F6NO2S/c1-20(2)8-4-6-9(7-5-8)23-11(10(21)22-3,12(14,15)16)13(17,18)19/h4-7H,1-3H3. The van der Waals surface area contributed by atoms with Crippen molar-refractivity contribution in [1.82, 2.24) is 0 Å². The van der Waals surface area contributed by atoms with Crippen LogP contribution in [0.3, 0.4) is 0 Å². The average Bonchev–Trinajstić information content (AvgIpc) is 2.41. The van der Waals surface area contributed by atoms with Crippen molar-refractivity contribution in [2.45, 2.75) is 22.0 Å². The van der Waals surface area contributed by atoms with Crippen molar-refractivity contribution < 1.29 is 35.9 Å². The van der Waals surface area contributed by atoms with E-state index in [0.717, 1.165) is 12.1 Å². The Labute approximate surface area is 132 Å². The van der Waals surface area contributed by atoms with Crippen LogP contribution in [0.2, 0.25) is 0 Å². The lowest BCUT2D eigenvalue weighted by Gasteiger charge is -2.33. The quantitative estimate of drug-likeness (QED) is 0.462. The molecule has 0 fully saturated rings. The van der Waals surface area contributed by atoms with Crippen LogP contribution in [-0.4, -0.2) is 44.3 Å². The van der Waals surface area contributed by atoms with Crippen molar-refractivity contribution in [2.24, 2.45) is 0 Å². The number of carbonyl (C=O) groups is 1. The van der Waals surface area contributed by atoms with Gasteiger partial charge in [-0.2, -0.15) is 26.3 Å². The highest BCUT2D eigenvalue weighted by Crippen LogP contribution is 2.55. The molecular formula is C13H13F6NO2S. The minimum absolute atomic E-state index is 0.365. The van der Waals surface area contributed by atoms with Gasteiger partial charge in [-0.15, -0.1) is 0 Å². The predicted octanol–water partition coefficient (Wildman–Crippen LogP) is 3.88. The Bertz CT molecular complexity index is 539. The van der Waals surface area contributed by atoms with E-state index in [1.807, 2.05) is 0 Å². The Morgan fingerprint density at radius 3 is 1.74 bits per heavy atom. The summed E-state index contributed by atoms with van der Waals surface area (Å²) in [5.41, 5.74) is 0.581. The fourth-order valence-corrected chi connectivity index (χ4v) is 2.71. The zero-order chi connectivity index (χ0) is 18.1. The summed E-state index contributed by atoms with van der Waals surface area (Å²) in [6.45, 7) is 0. The molecule has 0 aromatic heterocycles. The van der Waals surface area contributed by atoms with Crippen LogP contribution in [0.4, 0.5) is 32.0 Å². The Morgan fingerprint density at radius 2 is 1.43 bits per heavy atom. The smallest absolute Gasteiger partial charge is 0.423 e. The molecule has 0 atom stereocenters. The van der Waals surface area contributed by atoms with Gasteiger partial charge in [0.05, 0.1) is 7.11 Å². The third kappa shape index (κ3) is 3.67. The number of thioether (sulfide) groups is 1. The second-order valence-electron chi connectivity index (χ2n) is 4.66. The summed E-state index contributed by atoms with van der Waals surface area (Å²) in [7, 11) is 3.79. The fourth-order valence-electron chi connectivity index (χ4n) is 1.68. The van der Waals surface area contributed by atoms with Gasteiger partial charge >= 0.3 is 23.1 Å². The number of ether oxygens (including phenoxy) is 1. The number of nitrogens with zero attached hydrogens (tertiary/aromatic N) is 1. The summed E-state index contributed by atoms with van der Waals surface area (Å²) in [4.78, 5) is 12.7. The van der Waals surface area contributed by atoms with E-state index < -0.39 is 34.8 Å². The number of halogens is 6. The minimum atomic E-state index is -5.89. The maximum Gasteiger partial charge on any atom is 0.423 e. The Hall–Kier alpha value is -1.58. The number of methoxy groups -OCH3 is 1. The van der Waals surface area contributed by atoms with Crippen LogP contribution < -0.4 is 4.90 Å². The molecule has 0 heterocycles. The summed E-state index contributed by atoms with van der Waals surface area (Å²) in [5, 5.41) is 0. The third-order valence-electron chi connectivity index (χ3n) is 2.90. The summed E-state index contributed by atoms with van der Waals surface area (Å²) < 4.78 is 78.0. The van der Waals surface area contributed by atoms with Crippen molar-refractivity contribution >= 4 is 23.4 Å². The van der Waals surface area contributed by atoms with Gasteiger partial charge in [-0.05, 0) is 24.3 Å². The van der Waals surface area contributed by atoms with Crippen molar-refractivity contribution in [3.8, 4) is 0 Å². The largest absolute Gasteiger partial charge is 0.467 e. The van der Waals surface area contributed by atoms with Crippen LogP contribution in [0.25, 0.3) is 0 Å². The molecule has 0 bridgehead atoms. The number of anilines is 1. The summed E-state index contributed by atoms with van der Waals surface area (Å²) >= 11 is -0.640. The minimum Gasteiger partial charge on any atom is -0.467 e. The Morgan fingerprint density at radius 1 is 1.00 bits per heavy atom. The number of carbonyl (C=O) groups excluding carboxylic acids is 1. The summed E-state index contributed by atoms with van der Waals surface area (Å²) in [6, 6.07) is 4.85. The van der Waals surface area contributed by atoms with Gasteiger partial charge in [-0.1, -0.05) is 11.8 Å². The maximum absolute atomic E-state index is 13.2. The normalized spacial score (nSPS) is 12.9. The Balaban J connectivity index is 3.38. The molecule has 10 heteroatoms. The van der Waals surface area contributed by atoms with Gasteiger partial charge in [0.15, 0.2) is 0 Å². The van der Waals surface area contributed by atoms with E-state index in [4.69, 9.17) is 0 Å². The third-order valence-corrected chi connectivity index (χ3v) is 4.34. The van der Waals surface area contributed by atoms with Gasteiger partial charge in [0.1, 0.15) is 0 Å². The first-order valence-corrected chi connectivity index (χ1v) is 6.86. The molecule has 1 rings (SSSR count). The molecule has 1 aromatic rings. The van der Waals surface area contributed by atoms with Crippen molar-refractivity contribution in [3.05, 3.63) is 24.3 Å². The highest BCUT2D eigenvalue weighted by atomic mass is 32.2. The van der Waals surface area contributed by atoms with Crippen molar-refractivity contribution in [3.63, 3.8) is 0 Å². The van der Waals surface area contributed by atoms with Crippen molar-refractivity contribution in [2.75, 3.05) is 26.1 Å². The molecule has 0 radical (unpaired) electrons. The number of hydrogen-bond donors (Lipinski definition) is 0. The lowest BCUT2D eigenvalue weighted by molar-refractivity contribution is -0.264. The molecule has 0 N–H and O–H groups in total. The Kier molecular flexibility index (Phi) is 5.50. The molecule has 0 amide bonds. The van der Waals surface area contributed by atoms with Gasteiger partial charge in [-0.25, -0.2) is 4.79 Å². The fraction of sp³-hybridized carbons (Fsp3) is 0.462. The molecule has 0 aliphatic heterocycles. The summed E-state index contributed by atoms with van der Waals surface area (Å²) in [6.07, 6.45) is -11.8. The molecular weight excluding hydrogens is 348 g/mol. The lowest BCUT2D eigenvalue weighted by Crippen LogP contribution is -2.60. The molecule has 0 saturated heterocycles. The average molecular weight is 361 g/mol. The highest BCUT2D eigenvalue weighted by molar-refractivity contribution is 8.01. The highest BCUT2D eigenvalue weighted by Gasteiger charge is 2.77. The molecule has 0 aliphatic rings. The van der Waals surface area contributed by atoms with Crippen LogP contribution in [0.5, 0.6) is 0 Å². The first-order chi connectivity index (χ1) is 10.4. The molecule has 0 spiro atoms. The maximum atomic E-state index is 13.2. The zero-order valence-corrected chi connectivity index (χ0v) is 13.1. The number of alkyl halides is 6. The van der Waals surface area contributed by atoms with E-state index in [1.54, 1.807) is 19.0 Å². The van der Waals surface area contributed by atoms with Crippen molar-refractivity contribution in [1.29, 1.82) is 0 Å². The van der Waals surface area contributed by atoms with Gasteiger partial charge < -0.3 is 9.64 Å². The molecule has 23 heavy (non-hydrogen) atoms. The number of benzene rings is 1. The number of rotatable bonds is 4. The molecule has 3 nitrogen and oxygen atoms in total. The van der Waals surface area contributed by atoms with Crippen LogP contribution >= 0.6 is 11.8 Å². The van der Waals surface area contributed by atoms with E-state index in [2.05, 4.69) is 4.74 Å². The topological polar surface area (TPSA) is 29.5 Å². The lowest BCUT2D eigenvalue weighted by atomic mass is 10.1. The second kappa shape index (κ2) is 6.50. The summed E-state index contributed by atoms with van der Waals surface area (Å²) in [5.74, 6) is -2.42. The molecule has 0 aliphatic carbocycles. The predicted molar refractivity (Wildman–Crippen MR) is 73.5 cm³/mol. The first kappa shape index (κ1) is 19.5. The van der Waals surface area contributed by atoms with Gasteiger partial charge in [0.2, 0.25) is 0 Å². The number of hydrogen-bond acceptors (Lipinski definition) is 4. The molecule has 0 saturated carbocycles. The van der Waals surface area contributed by atoms with Crippen LogP contribution in [0, 0.1) is 0 Å². The monoisotopic (exact) mass is 361 g/mol. The second-order valence-corrected chi connectivity index (χ2v) is 5.95. The van der Waals surface area contributed by atoms with Crippen LogP contribution in [0.15, 0.2) is 29.2 Å². The van der Waals surface area contributed by atoms with Gasteiger partial charge in [-0.3, -0.25) is 0 Å². The molecule has 0 unspecified atom stereocenters. The van der Waals surface area contributed by atoms with Gasteiger partial charge in [0, 0.05) is 24.7 Å². The van der Waals surface area contributed by atoms with E-state index in [-0.39, 0.29) is 4.90 Å². The SMILES string of the molecule is COC(=O)C(Sc1ccc(N(C)C)cc1)(C(F)(F)F)C(F)(F)F. The molecule has 1 aromatic carbocycles. The van der Waals surface area contributed by atoms with Crippen LogP contribution in [0.1, 0.15) is 0 Å². The first-order valence-electron chi connectivity index (χ1n) is 6.05. The number of esters is 1. The van der Waals surface area contributed by atoms with Gasteiger partial charge in [0.25, 0.3) is 0 Å². The van der Waals surface area contributed by atoms with E-state index >= 15 is 0 Å². The van der Waals surface area contributed by atoms with E-state index in [9.17, 15) is 31.1 Å². The van der Waals surface area contributed by atoms with E-state index in [1.165, 1.54) is 12.1 Å². The van der Waals surface area contributed by atoms with Crippen LogP contribution in [-0.2, 0) is 9.53 Å². The zero-order valence-electron chi connectivity index (χ0n) is 12.2. The van der Waals surface area contributed by atoms with E-state index in [0.29, 0.717) is 12.8 Å². The molecule has 130 valence electrons.